The molecule has 0 heterocycles. The molecule has 1 aromatic carbocycles. The van der Waals surface area contributed by atoms with Gasteiger partial charge in [-0.25, -0.2) is 8.78 Å². The van der Waals surface area contributed by atoms with Gasteiger partial charge in [0.1, 0.15) is 11.6 Å². The fraction of sp³-hybridized carbons (Fsp3) is 0.455. The Hall–Kier alpha value is -0.770. The predicted octanol–water partition coefficient (Wildman–Crippen LogP) is 3.16. The van der Waals surface area contributed by atoms with E-state index >= 15 is 0 Å². The maximum atomic E-state index is 13.4. The Balaban J connectivity index is 3.24. The lowest BCUT2D eigenvalue weighted by molar-refractivity contribution is 0.229. The summed E-state index contributed by atoms with van der Waals surface area (Å²) in [5, 5.41) is -0.0956. The van der Waals surface area contributed by atoms with Crippen molar-refractivity contribution in [3.8, 4) is 0 Å². The van der Waals surface area contributed by atoms with E-state index in [1.165, 1.54) is 6.92 Å². The van der Waals surface area contributed by atoms with Crippen molar-refractivity contribution in [1.29, 1.82) is 0 Å². The molecule has 0 saturated heterocycles. The van der Waals surface area contributed by atoms with Gasteiger partial charge in [-0.2, -0.15) is 0 Å². The molecule has 0 spiro atoms. The molecular weight excluding hydrogens is 249 g/mol. The highest BCUT2D eigenvalue weighted by atomic mass is 31.2. The van der Waals surface area contributed by atoms with Crippen molar-refractivity contribution in [2.45, 2.75) is 20.8 Å². The van der Waals surface area contributed by atoms with Gasteiger partial charge < -0.3 is 9.05 Å². The molecule has 1 aromatic rings. The van der Waals surface area contributed by atoms with E-state index in [-0.39, 0.29) is 24.1 Å². The average Bonchev–Trinajstić information content (AvgIpc) is 2.26. The Labute approximate surface area is 99.3 Å². The molecule has 6 heteroatoms. The minimum atomic E-state index is -3.63. The monoisotopic (exact) mass is 264 g/mol. The molecule has 0 unspecified atom stereocenters. The molecule has 0 aromatic heterocycles. The van der Waals surface area contributed by atoms with E-state index in [0.717, 1.165) is 12.1 Å². The van der Waals surface area contributed by atoms with Crippen LogP contribution >= 0.6 is 7.60 Å². The molecule has 0 aliphatic rings. The van der Waals surface area contributed by atoms with Crippen molar-refractivity contribution in [3.63, 3.8) is 0 Å². The third-order valence-corrected chi connectivity index (χ3v) is 4.27. The lowest BCUT2D eigenvalue weighted by Gasteiger charge is -2.17. The molecule has 0 amide bonds. The lowest BCUT2D eigenvalue weighted by atomic mass is 10.2. The molecule has 0 N–H and O–H groups in total. The van der Waals surface area contributed by atoms with E-state index < -0.39 is 19.2 Å². The van der Waals surface area contributed by atoms with Gasteiger partial charge in [-0.05, 0) is 32.9 Å². The number of hydrogen-bond donors (Lipinski definition) is 0. The van der Waals surface area contributed by atoms with Crippen LogP contribution in [-0.2, 0) is 13.6 Å². The predicted molar refractivity (Wildman–Crippen MR) is 61.6 cm³/mol. The third kappa shape index (κ3) is 3.12. The highest BCUT2D eigenvalue weighted by Gasteiger charge is 2.28. The molecule has 0 saturated carbocycles. The fourth-order valence-corrected chi connectivity index (χ4v) is 2.91. The molecule has 0 atom stereocenters. The van der Waals surface area contributed by atoms with Gasteiger partial charge in [-0.1, -0.05) is 0 Å². The van der Waals surface area contributed by atoms with Crippen LogP contribution in [0.5, 0.6) is 0 Å². The largest absolute Gasteiger partial charge is 0.361 e. The van der Waals surface area contributed by atoms with Gasteiger partial charge in [-0.15, -0.1) is 0 Å². The Morgan fingerprint density at radius 2 is 1.53 bits per heavy atom. The van der Waals surface area contributed by atoms with Gasteiger partial charge in [0.15, 0.2) is 0 Å². The number of rotatable bonds is 5. The molecule has 1 rings (SSSR count). The van der Waals surface area contributed by atoms with Crippen molar-refractivity contribution < 1.29 is 22.4 Å². The maximum absolute atomic E-state index is 13.4. The molecule has 0 aliphatic carbocycles. The van der Waals surface area contributed by atoms with Gasteiger partial charge in [0.2, 0.25) is 0 Å². The van der Waals surface area contributed by atoms with Crippen LogP contribution in [0.3, 0.4) is 0 Å². The van der Waals surface area contributed by atoms with Gasteiger partial charge in [-0.3, -0.25) is 4.57 Å². The summed E-state index contributed by atoms with van der Waals surface area (Å²) in [5.41, 5.74) is -0.117. The van der Waals surface area contributed by atoms with Crippen molar-refractivity contribution in [1.82, 2.24) is 0 Å². The van der Waals surface area contributed by atoms with Crippen LogP contribution in [0.1, 0.15) is 19.4 Å². The molecule has 0 fully saturated rings. The zero-order valence-electron chi connectivity index (χ0n) is 10.00. The van der Waals surface area contributed by atoms with Crippen LogP contribution in [0, 0.1) is 18.6 Å². The van der Waals surface area contributed by atoms with E-state index in [0.29, 0.717) is 0 Å². The number of halogens is 2. The highest BCUT2D eigenvalue weighted by molar-refractivity contribution is 7.62. The van der Waals surface area contributed by atoms with Crippen LogP contribution < -0.4 is 5.30 Å². The minimum Gasteiger partial charge on any atom is -0.305 e. The maximum Gasteiger partial charge on any atom is 0.361 e. The summed E-state index contributed by atoms with van der Waals surface area (Å²) in [6.45, 7) is 4.84. The minimum absolute atomic E-state index is 0.0956. The normalized spacial score (nSPS) is 11.8. The molecule has 3 nitrogen and oxygen atoms in total. The molecule has 96 valence electrons. The van der Waals surface area contributed by atoms with E-state index in [4.69, 9.17) is 9.05 Å². The quantitative estimate of drug-likeness (QED) is 0.766. The number of hydrogen-bond acceptors (Lipinski definition) is 3. The fourth-order valence-electron chi connectivity index (χ4n) is 1.32. The Bertz CT molecular complexity index is 415. The van der Waals surface area contributed by atoms with Crippen LogP contribution in [-0.4, -0.2) is 13.2 Å². The smallest absolute Gasteiger partial charge is 0.305 e. The summed E-state index contributed by atoms with van der Waals surface area (Å²) in [7, 11) is -3.63. The molecule has 0 aliphatic heterocycles. The summed E-state index contributed by atoms with van der Waals surface area (Å²) < 4.78 is 49.0. The van der Waals surface area contributed by atoms with Crippen molar-refractivity contribution in [3.05, 3.63) is 29.3 Å². The van der Waals surface area contributed by atoms with E-state index in [1.54, 1.807) is 13.8 Å². The molecular formula is C11H15F2O3P. The van der Waals surface area contributed by atoms with E-state index in [2.05, 4.69) is 0 Å². The summed E-state index contributed by atoms with van der Waals surface area (Å²) in [5.74, 6) is -1.53. The Morgan fingerprint density at radius 1 is 1.12 bits per heavy atom. The summed E-state index contributed by atoms with van der Waals surface area (Å²) in [6.07, 6.45) is 0. The molecule has 17 heavy (non-hydrogen) atoms. The first kappa shape index (κ1) is 14.3. The second-order valence-electron chi connectivity index (χ2n) is 3.37. The van der Waals surface area contributed by atoms with E-state index in [9.17, 15) is 13.3 Å². The first-order chi connectivity index (χ1) is 7.94. The standard InChI is InChI=1S/C11H15F2O3P/c1-4-15-17(14,16-5-2)9-6-10(12)8(3)11(13)7-9/h6-7H,4-5H2,1-3H3. The summed E-state index contributed by atoms with van der Waals surface area (Å²) in [4.78, 5) is 0. The van der Waals surface area contributed by atoms with Crippen LogP contribution in [0.15, 0.2) is 12.1 Å². The van der Waals surface area contributed by atoms with Crippen LogP contribution in [0.4, 0.5) is 8.78 Å². The van der Waals surface area contributed by atoms with Crippen molar-refractivity contribution in [2.75, 3.05) is 13.2 Å². The van der Waals surface area contributed by atoms with Crippen LogP contribution in [0.25, 0.3) is 0 Å². The van der Waals surface area contributed by atoms with E-state index in [1.807, 2.05) is 0 Å². The second-order valence-corrected chi connectivity index (χ2v) is 5.40. The highest BCUT2D eigenvalue weighted by Crippen LogP contribution is 2.47. The zero-order chi connectivity index (χ0) is 13.1. The van der Waals surface area contributed by atoms with Crippen molar-refractivity contribution in [2.24, 2.45) is 0 Å². The summed E-state index contributed by atoms with van der Waals surface area (Å²) >= 11 is 0. The van der Waals surface area contributed by atoms with Gasteiger partial charge in [0.05, 0.1) is 18.5 Å². The lowest BCUT2D eigenvalue weighted by Crippen LogP contribution is -2.13. The van der Waals surface area contributed by atoms with Crippen LogP contribution in [0.2, 0.25) is 0 Å². The Morgan fingerprint density at radius 3 is 1.88 bits per heavy atom. The summed E-state index contributed by atoms with van der Waals surface area (Å²) in [6, 6.07) is 1.98. The van der Waals surface area contributed by atoms with Gasteiger partial charge in [0, 0.05) is 5.56 Å². The third-order valence-electron chi connectivity index (χ3n) is 2.18. The average molecular weight is 264 g/mol. The zero-order valence-corrected chi connectivity index (χ0v) is 10.9. The number of benzene rings is 1. The van der Waals surface area contributed by atoms with Gasteiger partial charge in [0.25, 0.3) is 0 Å². The first-order valence-electron chi connectivity index (χ1n) is 5.30. The van der Waals surface area contributed by atoms with Crippen molar-refractivity contribution >= 4 is 12.9 Å². The molecule has 0 radical (unpaired) electrons. The SMILES string of the molecule is CCOP(=O)(OCC)c1cc(F)c(C)c(F)c1. The molecule has 0 bridgehead atoms. The first-order valence-corrected chi connectivity index (χ1v) is 6.84. The topological polar surface area (TPSA) is 35.5 Å². The van der Waals surface area contributed by atoms with Gasteiger partial charge >= 0.3 is 7.60 Å². The second kappa shape index (κ2) is 5.71. The Kier molecular flexibility index (Phi) is 4.80.